The van der Waals surface area contributed by atoms with Crippen LogP contribution in [0.1, 0.15) is 0 Å². The smallest absolute Gasteiger partial charge is 0.416 e. The lowest BCUT2D eigenvalue weighted by Gasteiger charge is -1.96. The van der Waals surface area contributed by atoms with E-state index < -0.39 is 12.3 Å². The molecule has 0 amide bonds. The van der Waals surface area contributed by atoms with Crippen LogP contribution in [0.3, 0.4) is 0 Å². The predicted octanol–water partition coefficient (Wildman–Crippen LogP) is 0.648. The maximum atomic E-state index is 11.1. The number of hydrogen-bond donors (Lipinski definition) is 1. The lowest BCUT2D eigenvalue weighted by Crippen LogP contribution is -2.15. The van der Waals surface area contributed by atoms with E-state index in [0.717, 1.165) is 0 Å². The highest BCUT2D eigenvalue weighted by atomic mass is 19.4. The van der Waals surface area contributed by atoms with Gasteiger partial charge in [-0.25, -0.2) is 0 Å². The van der Waals surface area contributed by atoms with Crippen molar-refractivity contribution >= 4 is 6.47 Å². The number of carbonyl (C=O) groups is 1. The number of epoxide rings is 1. The van der Waals surface area contributed by atoms with Crippen LogP contribution in [0.4, 0.5) is 13.2 Å². The Kier molecular flexibility index (Phi) is 3.14. The van der Waals surface area contributed by atoms with Crippen molar-refractivity contribution < 1.29 is 27.8 Å². The van der Waals surface area contributed by atoms with Crippen LogP contribution in [0.15, 0.2) is 0 Å². The van der Waals surface area contributed by atoms with Crippen LogP contribution in [-0.4, -0.2) is 30.5 Å². The van der Waals surface area contributed by atoms with E-state index in [1.54, 1.807) is 0 Å². The Morgan fingerprint density at radius 2 is 1.90 bits per heavy atom. The average molecular weight is 158 g/mol. The molecule has 0 aromatic rings. The summed E-state index contributed by atoms with van der Waals surface area (Å²) >= 11 is 0. The third-order valence-corrected chi connectivity index (χ3v) is 0.698. The number of carboxylic acid groups (broad SMARTS) is 1. The van der Waals surface area contributed by atoms with Crippen molar-refractivity contribution in [2.75, 3.05) is 6.61 Å². The fourth-order valence-electron chi connectivity index (χ4n) is 0.237. The van der Waals surface area contributed by atoms with Crippen LogP contribution in [-0.2, 0) is 9.53 Å². The maximum absolute atomic E-state index is 11.1. The minimum absolute atomic E-state index is 0.149. The molecule has 60 valence electrons. The van der Waals surface area contributed by atoms with Gasteiger partial charge in [-0.1, -0.05) is 0 Å². The molecular weight excluding hydrogens is 153 g/mol. The average Bonchev–Trinajstić information content (AvgIpc) is 2.40. The van der Waals surface area contributed by atoms with Gasteiger partial charge in [-0.15, -0.1) is 0 Å². The van der Waals surface area contributed by atoms with Gasteiger partial charge in [-0.2, -0.15) is 13.2 Å². The molecule has 1 fully saturated rings. The second-order valence-electron chi connectivity index (χ2n) is 1.47. The zero-order chi connectivity index (χ0) is 8.20. The van der Waals surface area contributed by atoms with Crippen molar-refractivity contribution in [3.05, 3.63) is 0 Å². The van der Waals surface area contributed by atoms with Gasteiger partial charge in [0.1, 0.15) is 0 Å². The molecule has 1 heterocycles. The van der Waals surface area contributed by atoms with Crippen LogP contribution >= 0.6 is 0 Å². The quantitative estimate of drug-likeness (QED) is 0.416. The summed E-state index contributed by atoms with van der Waals surface area (Å²) in [5.41, 5.74) is 0. The molecule has 0 bridgehead atoms. The van der Waals surface area contributed by atoms with Gasteiger partial charge >= 0.3 is 6.18 Å². The second kappa shape index (κ2) is 3.40. The summed E-state index contributed by atoms with van der Waals surface area (Å²) in [6.07, 6.45) is -5.56. The third kappa shape index (κ3) is 4.13. The van der Waals surface area contributed by atoms with E-state index in [4.69, 9.17) is 9.90 Å². The maximum Gasteiger partial charge on any atom is 0.416 e. The topological polar surface area (TPSA) is 49.8 Å². The molecular formula is C4H5F3O3. The van der Waals surface area contributed by atoms with Crippen molar-refractivity contribution in [1.29, 1.82) is 0 Å². The lowest BCUT2D eigenvalue weighted by atomic mass is 10.5. The minimum atomic E-state index is -4.11. The van der Waals surface area contributed by atoms with Crippen molar-refractivity contribution in [1.82, 2.24) is 0 Å². The second-order valence-corrected chi connectivity index (χ2v) is 1.47. The van der Waals surface area contributed by atoms with Gasteiger partial charge in [-0.3, -0.25) is 4.79 Å². The Labute approximate surface area is 54.4 Å². The molecule has 1 atom stereocenters. The van der Waals surface area contributed by atoms with E-state index in [1.807, 2.05) is 0 Å². The Morgan fingerprint density at radius 1 is 1.60 bits per heavy atom. The standard InChI is InChI=1S/C3H3F3O.CH2O2/c4-3(5,6)2-1-7-2;2-1-3/h2H,1H2;1H,(H,2,3). The molecule has 0 aliphatic carbocycles. The number of rotatable bonds is 0. The van der Waals surface area contributed by atoms with E-state index in [1.165, 1.54) is 0 Å². The molecule has 0 spiro atoms. The van der Waals surface area contributed by atoms with Crippen LogP contribution in [0.2, 0.25) is 0 Å². The van der Waals surface area contributed by atoms with Crippen LogP contribution in [0, 0.1) is 0 Å². The number of alkyl halides is 3. The lowest BCUT2D eigenvalue weighted by molar-refractivity contribution is -0.146. The molecule has 1 N–H and O–H groups in total. The van der Waals surface area contributed by atoms with E-state index in [9.17, 15) is 13.2 Å². The van der Waals surface area contributed by atoms with E-state index in [-0.39, 0.29) is 13.1 Å². The van der Waals surface area contributed by atoms with E-state index >= 15 is 0 Å². The SMILES string of the molecule is FC(F)(F)C1CO1.O=CO. The molecule has 6 heteroatoms. The first-order valence-electron chi connectivity index (χ1n) is 2.28. The fourth-order valence-corrected chi connectivity index (χ4v) is 0.237. The van der Waals surface area contributed by atoms with Crippen LogP contribution in [0.5, 0.6) is 0 Å². The highest BCUT2D eigenvalue weighted by Gasteiger charge is 2.49. The van der Waals surface area contributed by atoms with Gasteiger partial charge in [0.2, 0.25) is 0 Å². The summed E-state index contributed by atoms with van der Waals surface area (Å²) in [4.78, 5) is 8.36. The first-order chi connectivity index (χ1) is 4.52. The first kappa shape index (κ1) is 9.22. The minimum Gasteiger partial charge on any atom is -0.483 e. The molecule has 0 radical (unpaired) electrons. The van der Waals surface area contributed by atoms with Crippen LogP contribution in [0.25, 0.3) is 0 Å². The van der Waals surface area contributed by atoms with Crippen molar-refractivity contribution in [3.63, 3.8) is 0 Å². The molecule has 1 rings (SSSR count). The van der Waals surface area contributed by atoms with Gasteiger partial charge < -0.3 is 9.84 Å². The molecule has 1 aliphatic rings. The largest absolute Gasteiger partial charge is 0.483 e. The van der Waals surface area contributed by atoms with Gasteiger partial charge in [0.25, 0.3) is 6.47 Å². The Hall–Kier alpha value is -0.780. The molecule has 0 aromatic carbocycles. The van der Waals surface area contributed by atoms with Gasteiger partial charge in [0, 0.05) is 0 Å². The first-order valence-corrected chi connectivity index (χ1v) is 2.28. The Bertz CT molecular complexity index is 107. The van der Waals surface area contributed by atoms with Crippen LogP contribution < -0.4 is 0 Å². The molecule has 3 nitrogen and oxygen atoms in total. The summed E-state index contributed by atoms with van der Waals surface area (Å²) in [7, 11) is 0. The molecule has 1 saturated heterocycles. The number of hydrogen-bond acceptors (Lipinski definition) is 2. The summed E-state index contributed by atoms with van der Waals surface area (Å²) < 4.78 is 37.3. The van der Waals surface area contributed by atoms with Crippen molar-refractivity contribution in [2.24, 2.45) is 0 Å². The number of halogens is 3. The Balaban J connectivity index is 0.000000236. The van der Waals surface area contributed by atoms with E-state index in [0.29, 0.717) is 0 Å². The molecule has 0 aromatic heterocycles. The van der Waals surface area contributed by atoms with Gasteiger partial charge in [0.15, 0.2) is 6.10 Å². The van der Waals surface area contributed by atoms with Crippen molar-refractivity contribution in [3.8, 4) is 0 Å². The van der Waals surface area contributed by atoms with Crippen molar-refractivity contribution in [2.45, 2.75) is 12.3 Å². The summed E-state index contributed by atoms with van der Waals surface area (Å²) in [6.45, 7) is -0.399. The summed E-state index contributed by atoms with van der Waals surface area (Å²) in [5.74, 6) is 0. The molecule has 1 aliphatic heterocycles. The van der Waals surface area contributed by atoms with Gasteiger partial charge in [-0.05, 0) is 0 Å². The zero-order valence-electron chi connectivity index (χ0n) is 4.76. The molecule has 1 unspecified atom stereocenters. The summed E-state index contributed by atoms with van der Waals surface area (Å²) in [5, 5.41) is 6.89. The molecule has 10 heavy (non-hydrogen) atoms. The molecule has 0 saturated carbocycles. The Morgan fingerprint density at radius 3 is 1.90 bits per heavy atom. The third-order valence-electron chi connectivity index (χ3n) is 0.698. The zero-order valence-corrected chi connectivity index (χ0v) is 4.76. The summed E-state index contributed by atoms with van der Waals surface area (Å²) in [6, 6.07) is 0. The highest BCUT2D eigenvalue weighted by molar-refractivity contribution is 5.32. The van der Waals surface area contributed by atoms with Gasteiger partial charge in [0.05, 0.1) is 6.61 Å². The predicted molar refractivity (Wildman–Crippen MR) is 24.5 cm³/mol. The highest BCUT2D eigenvalue weighted by Crippen LogP contribution is 2.30. The monoisotopic (exact) mass is 158 g/mol. The number of ether oxygens (including phenoxy) is 1. The normalized spacial score (nSPS) is 22.5. The van der Waals surface area contributed by atoms with E-state index in [2.05, 4.69) is 4.74 Å². The fraction of sp³-hybridized carbons (Fsp3) is 0.750.